The fourth-order valence-electron chi connectivity index (χ4n) is 3.27. The Bertz CT molecular complexity index is 489. The first-order chi connectivity index (χ1) is 9.55. The molecule has 2 N–H and O–H groups in total. The second kappa shape index (κ2) is 4.88. The van der Waals surface area contributed by atoms with Gasteiger partial charge in [0, 0.05) is 6.04 Å². The molecule has 1 aliphatic carbocycles. The maximum atomic E-state index is 12.9. The number of benzene rings is 1. The van der Waals surface area contributed by atoms with Crippen LogP contribution in [0, 0.1) is 5.41 Å². The third-order valence-corrected chi connectivity index (χ3v) is 5.04. The maximum absolute atomic E-state index is 12.9. The Hall–Kier alpha value is -1.35. The standard InChI is InChI=1S/C17H24N2O/c1-16(2)12-14(16)19-15(20)17(8-10-18-11-9-17)13-6-4-3-5-7-13/h3-7,14,18H,8-12H2,1-2H3,(H,19,20). The van der Waals surface area contributed by atoms with Gasteiger partial charge in [-0.15, -0.1) is 0 Å². The summed E-state index contributed by atoms with van der Waals surface area (Å²) in [4.78, 5) is 12.9. The molecule has 3 rings (SSSR count). The van der Waals surface area contributed by atoms with Gasteiger partial charge in [0.25, 0.3) is 0 Å². The van der Waals surface area contributed by atoms with Crippen LogP contribution in [0.5, 0.6) is 0 Å². The summed E-state index contributed by atoms with van der Waals surface area (Å²) >= 11 is 0. The monoisotopic (exact) mass is 272 g/mol. The smallest absolute Gasteiger partial charge is 0.230 e. The van der Waals surface area contributed by atoms with Crippen molar-refractivity contribution >= 4 is 5.91 Å². The van der Waals surface area contributed by atoms with Gasteiger partial charge >= 0.3 is 0 Å². The molecule has 1 unspecified atom stereocenters. The van der Waals surface area contributed by atoms with Gasteiger partial charge in [-0.1, -0.05) is 44.2 Å². The van der Waals surface area contributed by atoms with Crippen LogP contribution >= 0.6 is 0 Å². The van der Waals surface area contributed by atoms with Crippen molar-refractivity contribution in [3.05, 3.63) is 35.9 Å². The third-order valence-electron chi connectivity index (χ3n) is 5.04. The van der Waals surface area contributed by atoms with E-state index in [0.29, 0.717) is 6.04 Å². The number of carbonyl (C=O) groups excluding carboxylic acids is 1. The lowest BCUT2D eigenvalue weighted by Crippen LogP contribution is -2.51. The van der Waals surface area contributed by atoms with E-state index in [4.69, 9.17) is 0 Å². The molecule has 0 spiro atoms. The molecule has 1 aromatic carbocycles. The van der Waals surface area contributed by atoms with Crippen LogP contribution in [0.4, 0.5) is 0 Å². The minimum absolute atomic E-state index is 0.223. The molecule has 1 aliphatic heterocycles. The summed E-state index contributed by atoms with van der Waals surface area (Å²) in [6.07, 6.45) is 2.87. The Morgan fingerprint density at radius 2 is 1.80 bits per heavy atom. The molecule has 1 atom stereocenters. The summed E-state index contributed by atoms with van der Waals surface area (Å²) in [5, 5.41) is 6.66. The summed E-state index contributed by atoms with van der Waals surface area (Å²) < 4.78 is 0. The van der Waals surface area contributed by atoms with E-state index in [1.54, 1.807) is 0 Å². The number of carbonyl (C=O) groups is 1. The summed E-state index contributed by atoms with van der Waals surface area (Å²) in [6.45, 7) is 6.26. The molecule has 1 saturated heterocycles. The lowest BCUT2D eigenvalue weighted by Gasteiger charge is -2.37. The van der Waals surface area contributed by atoms with Crippen molar-refractivity contribution in [1.29, 1.82) is 0 Å². The molecule has 0 bridgehead atoms. The highest BCUT2D eigenvalue weighted by Gasteiger charge is 2.50. The van der Waals surface area contributed by atoms with Crippen LogP contribution in [-0.2, 0) is 10.2 Å². The summed E-state index contributed by atoms with van der Waals surface area (Å²) in [7, 11) is 0. The molecular formula is C17H24N2O. The Kier molecular flexibility index (Phi) is 3.33. The lowest BCUT2D eigenvalue weighted by atomic mass is 9.72. The van der Waals surface area contributed by atoms with Gasteiger partial charge in [-0.3, -0.25) is 4.79 Å². The van der Waals surface area contributed by atoms with Gasteiger partial charge in [0.1, 0.15) is 0 Å². The fourth-order valence-corrected chi connectivity index (χ4v) is 3.27. The highest BCUT2D eigenvalue weighted by atomic mass is 16.2. The van der Waals surface area contributed by atoms with Crippen molar-refractivity contribution in [2.75, 3.05) is 13.1 Å². The van der Waals surface area contributed by atoms with E-state index in [1.165, 1.54) is 0 Å². The van der Waals surface area contributed by atoms with E-state index in [2.05, 4.69) is 36.6 Å². The Labute approximate surface area is 121 Å². The zero-order valence-electron chi connectivity index (χ0n) is 12.4. The van der Waals surface area contributed by atoms with Gasteiger partial charge in [0.15, 0.2) is 0 Å². The number of amides is 1. The van der Waals surface area contributed by atoms with Crippen molar-refractivity contribution in [3.63, 3.8) is 0 Å². The number of piperidine rings is 1. The molecule has 0 radical (unpaired) electrons. The fraction of sp³-hybridized carbons (Fsp3) is 0.588. The van der Waals surface area contributed by atoms with E-state index >= 15 is 0 Å². The van der Waals surface area contributed by atoms with Crippen LogP contribution < -0.4 is 10.6 Å². The first-order valence-corrected chi connectivity index (χ1v) is 7.62. The van der Waals surface area contributed by atoms with Gasteiger partial charge in [-0.05, 0) is 43.3 Å². The molecule has 3 heteroatoms. The summed E-state index contributed by atoms with van der Waals surface area (Å²) in [6, 6.07) is 10.6. The highest BCUT2D eigenvalue weighted by Crippen LogP contribution is 2.45. The van der Waals surface area contributed by atoms with E-state index in [9.17, 15) is 4.79 Å². The quantitative estimate of drug-likeness (QED) is 0.886. The second-order valence-corrected chi connectivity index (χ2v) is 6.92. The minimum Gasteiger partial charge on any atom is -0.352 e. The molecular weight excluding hydrogens is 248 g/mol. The van der Waals surface area contributed by atoms with Crippen LogP contribution in [-0.4, -0.2) is 25.0 Å². The molecule has 1 saturated carbocycles. The van der Waals surface area contributed by atoms with Gasteiger partial charge in [-0.2, -0.15) is 0 Å². The molecule has 0 aromatic heterocycles. The third kappa shape index (κ3) is 2.35. The normalized spacial score (nSPS) is 26.8. The molecule has 3 nitrogen and oxygen atoms in total. The van der Waals surface area contributed by atoms with Crippen LogP contribution in [0.1, 0.15) is 38.7 Å². The summed E-state index contributed by atoms with van der Waals surface area (Å²) in [5.74, 6) is 0.223. The average Bonchev–Trinajstić information content (AvgIpc) is 3.07. The Morgan fingerprint density at radius 1 is 1.20 bits per heavy atom. The van der Waals surface area contributed by atoms with Gasteiger partial charge < -0.3 is 10.6 Å². The molecule has 108 valence electrons. The minimum atomic E-state index is -0.342. The van der Waals surface area contributed by atoms with Crippen molar-refractivity contribution < 1.29 is 4.79 Å². The molecule has 2 aliphatic rings. The van der Waals surface area contributed by atoms with Crippen LogP contribution in [0.25, 0.3) is 0 Å². The van der Waals surface area contributed by atoms with Gasteiger partial charge in [0.05, 0.1) is 5.41 Å². The van der Waals surface area contributed by atoms with E-state index in [-0.39, 0.29) is 16.7 Å². The van der Waals surface area contributed by atoms with Crippen LogP contribution in [0.3, 0.4) is 0 Å². The molecule has 20 heavy (non-hydrogen) atoms. The Morgan fingerprint density at radius 3 is 2.35 bits per heavy atom. The topological polar surface area (TPSA) is 41.1 Å². The number of nitrogens with one attached hydrogen (secondary N) is 2. The molecule has 1 heterocycles. The second-order valence-electron chi connectivity index (χ2n) is 6.92. The largest absolute Gasteiger partial charge is 0.352 e. The van der Waals surface area contributed by atoms with E-state index in [0.717, 1.165) is 37.9 Å². The SMILES string of the molecule is CC1(C)CC1NC(=O)C1(c2ccccc2)CCNCC1. The number of hydrogen-bond donors (Lipinski definition) is 2. The van der Waals surface area contributed by atoms with Crippen molar-refractivity contribution in [3.8, 4) is 0 Å². The molecule has 1 aromatic rings. The highest BCUT2D eigenvalue weighted by molar-refractivity contribution is 5.89. The van der Waals surface area contributed by atoms with Gasteiger partial charge in [-0.25, -0.2) is 0 Å². The predicted molar refractivity (Wildman–Crippen MR) is 80.6 cm³/mol. The zero-order chi connectivity index (χ0) is 14.2. The zero-order valence-corrected chi connectivity index (χ0v) is 12.4. The van der Waals surface area contributed by atoms with Gasteiger partial charge in [0.2, 0.25) is 5.91 Å². The van der Waals surface area contributed by atoms with Crippen molar-refractivity contribution in [1.82, 2.24) is 10.6 Å². The predicted octanol–water partition coefficient (Wildman–Crippen LogP) is 2.22. The average molecular weight is 272 g/mol. The first kappa shape index (κ1) is 13.6. The van der Waals surface area contributed by atoms with Crippen molar-refractivity contribution in [2.24, 2.45) is 5.41 Å². The number of rotatable bonds is 3. The summed E-state index contributed by atoms with van der Waals surface area (Å²) in [5.41, 5.74) is 1.10. The maximum Gasteiger partial charge on any atom is 0.230 e. The van der Waals surface area contributed by atoms with Crippen LogP contribution in [0.15, 0.2) is 30.3 Å². The first-order valence-electron chi connectivity index (χ1n) is 7.62. The van der Waals surface area contributed by atoms with E-state index < -0.39 is 0 Å². The van der Waals surface area contributed by atoms with E-state index in [1.807, 2.05) is 18.2 Å². The Balaban J connectivity index is 1.84. The van der Waals surface area contributed by atoms with Crippen molar-refractivity contribution in [2.45, 2.75) is 44.6 Å². The number of hydrogen-bond acceptors (Lipinski definition) is 2. The lowest BCUT2D eigenvalue weighted by molar-refractivity contribution is -0.128. The van der Waals surface area contributed by atoms with Crippen LogP contribution in [0.2, 0.25) is 0 Å². The molecule has 1 amide bonds. The molecule has 2 fully saturated rings.